The molecule has 1 N–H and O–H groups in total. The van der Waals surface area contributed by atoms with Crippen LogP contribution in [0, 0.1) is 12.7 Å². The highest BCUT2D eigenvalue weighted by atomic mass is 32.2. The summed E-state index contributed by atoms with van der Waals surface area (Å²) in [5, 5.41) is 5.21. The second kappa shape index (κ2) is 6.68. The molecule has 0 atom stereocenters. The first kappa shape index (κ1) is 14.0. The van der Waals surface area contributed by atoms with Crippen LogP contribution in [0.25, 0.3) is 0 Å². The SMILES string of the molecule is Cc1csc(NC(=O)CCSc2ccccc2F)n1. The second-order valence-electron chi connectivity index (χ2n) is 3.87. The Kier molecular flexibility index (Phi) is 4.93. The zero-order chi connectivity index (χ0) is 13.7. The topological polar surface area (TPSA) is 42.0 Å². The monoisotopic (exact) mass is 296 g/mol. The van der Waals surface area contributed by atoms with Gasteiger partial charge < -0.3 is 5.32 Å². The maximum atomic E-state index is 13.3. The quantitative estimate of drug-likeness (QED) is 0.855. The third-order valence-electron chi connectivity index (χ3n) is 2.29. The number of halogens is 1. The summed E-state index contributed by atoms with van der Waals surface area (Å²) in [5.74, 6) is 0.193. The van der Waals surface area contributed by atoms with Crippen molar-refractivity contribution >= 4 is 34.1 Å². The molecular formula is C13H13FN2OS2. The van der Waals surface area contributed by atoms with E-state index < -0.39 is 0 Å². The normalized spacial score (nSPS) is 10.4. The maximum absolute atomic E-state index is 13.3. The minimum absolute atomic E-state index is 0.0989. The first-order valence-electron chi connectivity index (χ1n) is 5.74. The number of amides is 1. The lowest BCUT2D eigenvalue weighted by atomic mass is 10.3. The van der Waals surface area contributed by atoms with Crippen LogP contribution in [0.5, 0.6) is 0 Å². The van der Waals surface area contributed by atoms with Crippen molar-refractivity contribution in [3.8, 4) is 0 Å². The largest absolute Gasteiger partial charge is 0.302 e. The van der Waals surface area contributed by atoms with E-state index in [9.17, 15) is 9.18 Å². The Balaban J connectivity index is 1.77. The first-order valence-corrected chi connectivity index (χ1v) is 7.61. The number of aromatic nitrogens is 1. The highest BCUT2D eigenvalue weighted by Crippen LogP contribution is 2.22. The van der Waals surface area contributed by atoms with Gasteiger partial charge in [-0.25, -0.2) is 9.37 Å². The van der Waals surface area contributed by atoms with E-state index in [4.69, 9.17) is 0 Å². The molecule has 1 aromatic carbocycles. The maximum Gasteiger partial charge on any atom is 0.226 e. The van der Waals surface area contributed by atoms with Gasteiger partial charge in [-0.15, -0.1) is 23.1 Å². The van der Waals surface area contributed by atoms with E-state index in [1.165, 1.54) is 29.2 Å². The fourth-order valence-electron chi connectivity index (χ4n) is 1.41. The Morgan fingerprint density at radius 2 is 2.26 bits per heavy atom. The van der Waals surface area contributed by atoms with Gasteiger partial charge in [-0.2, -0.15) is 0 Å². The average Bonchev–Trinajstić information content (AvgIpc) is 2.77. The molecule has 0 aliphatic heterocycles. The van der Waals surface area contributed by atoms with E-state index in [0.717, 1.165) is 5.69 Å². The van der Waals surface area contributed by atoms with Crippen molar-refractivity contribution in [2.75, 3.05) is 11.1 Å². The molecule has 0 unspecified atom stereocenters. The molecule has 2 aromatic rings. The number of anilines is 1. The summed E-state index contributed by atoms with van der Waals surface area (Å²) in [6.07, 6.45) is 0.331. The highest BCUT2D eigenvalue weighted by molar-refractivity contribution is 7.99. The Morgan fingerprint density at radius 1 is 1.47 bits per heavy atom. The van der Waals surface area contributed by atoms with E-state index in [-0.39, 0.29) is 11.7 Å². The summed E-state index contributed by atoms with van der Waals surface area (Å²) in [5.41, 5.74) is 0.890. The van der Waals surface area contributed by atoms with Crippen LogP contribution in [-0.2, 0) is 4.79 Å². The van der Waals surface area contributed by atoms with Crippen LogP contribution >= 0.6 is 23.1 Å². The second-order valence-corrected chi connectivity index (χ2v) is 5.87. The highest BCUT2D eigenvalue weighted by Gasteiger charge is 2.07. The predicted molar refractivity (Wildman–Crippen MR) is 77.2 cm³/mol. The molecule has 0 aliphatic carbocycles. The summed E-state index contributed by atoms with van der Waals surface area (Å²) >= 11 is 2.74. The number of thioether (sulfide) groups is 1. The van der Waals surface area contributed by atoms with Gasteiger partial charge in [0.05, 0.1) is 5.69 Å². The summed E-state index contributed by atoms with van der Waals surface area (Å²) in [6.45, 7) is 1.88. The number of aryl methyl sites for hydroxylation is 1. The van der Waals surface area contributed by atoms with E-state index in [1.807, 2.05) is 12.3 Å². The molecule has 19 heavy (non-hydrogen) atoms. The molecule has 0 aliphatic rings. The molecule has 1 aromatic heterocycles. The number of thiazole rings is 1. The third kappa shape index (κ3) is 4.33. The molecule has 100 valence electrons. The van der Waals surface area contributed by atoms with E-state index in [1.54, 1.807) is 18.2 Å². The van der Waals surface area contributed by atoms with E-state index in [0.29, 0.717) is 22.2 Å². The smallest absolute Gasteiger partial charge is 0.226 e. The molecule has 1 heterocycles. The van der Waals surface area contributed by atoms with Crippen molar-refractivity contribution in [2.24, 2.45) is 0 Å². The Labute approximate surface area is 119 Å². The fourth-order valence-corrected chi connectivity index (χ4v) is 3.00. The molecular weight excluding hydrogens is 283 g/mol. The third-order valence-corrected chi connectivity index (χ3v) is 4.21. The number of hydrogen-bond acceptors (Lipinski definition) is 4. The molecule has 6 heteroatoms. The van der Waals surface area contributed by atoms with Gasteiger partial charge in [-0.3, -0.25) is 4.79 Å². The Morgan fingerprint density at radius 3 is 2.95 bits per heavy atom. The summed E-state index contributed by atoms with van der Waals surface area (Å²) in [6, 6.07) is 6.56. The zero-order valence-electron chi connectivity index (χ0n) is 10.4. The number of benzene rings is 1. The Bertz CT molecular complexity index is 571. The summed E-state index contributed by atoms with van der Waals surface area (Å²) < 4.78 is 13.3. The average molecular weight is 296 g/mol. The van der Waals surface area contributed by atoms with Crippen LogP contribution in [0.15, 0.2) is 34.5 Å². The standard InChI is InChI=1S/C13H13FN2OS2/c1-9-8-19-13(15-9)16-12(17)6-7-18-11-5-3-2-4-10(11)14/h2-5,8H,6-7H2,1H3,(H,15,16,17). The number of hydrogen-bond donors (Lipinski definition) is 1. The lowest BCUT2D eigenvalue weighted by Crippen LogP contribution is -2.11. The van der Waals surface area contributed by atoms with Crippen molar-refractivity contribution in [1.82, 2.24) is 4.98 Å². The van der Waals surface area contributed by atoms with Gasteiger partial charge in [0.1, 0.15) is 5.82 Å². The number of carbonyl (C=O) groups excluding carboxylic acids is 1. The van der Waals surface area contributed by atoms with Crippen LogP contribution in [0.3, 0.4) is 0 Å². The van der Waals surface area contributed by atoms with Gasteiger partial charge in [0.25, 0.3) is 0 Å². The van der Waals surface area contributed by atoms with Crippen molar-refractivity contribution < 1.29 is 9.18 Å². The van der Waals surface area contributed by atoms with Crippen molar-refractivity contribution in [2.45, 2.75) is 18.2 Å². The van der Waals surface area contributed by atoms with Gasteiger partial charge in [0.15, 0.2) is 5.13 Å². The lowest BCUT2D eigenvalue weighted by molar-refractivity contribution is -0.115. The number of nitrogens with one attached hydrogen (secondary N) is 1. The van der Waals surface area contributed by atoms with Crippen LogP contribution in [0.2, 0.25) is 0 Å². The fraction of sp³-hybridized carbons (Fsp3) is 0.231. The molecule has 2 rings (SSSR count). The molecule has 3 nitrogen and oxygen atoms in total. The number of rotatable bonds is 5. The van der Waals surface area contributed by atoms with Gasteiger partial charge >= 0.3 is 0 Å². The Hall–Kier alpha value is -1.40. The van der Waals surface area contributed by atoms with Crippen LogP contribution in [0.4, 0.5) is 9.52 Å². The first-order chi connectivity index (χ1) is 9.15. The summed E-state index contributed by atoms with van der Waals surface area (Å²) in [4.78, 5) is 16.4. The van der Waals surface area contributed by atoms with Gasteiger partial charge in [0.2, 0.25) is 5.91 Å². The molecule has 0 spiro atoms. The zero-order valence-corrected chi connectivity index (χ0v) is 12.0. The lowest BCUT2D eigenvalue weighted by Gasteiger charge is -2.03. The van der Waals surface area contributed by atoms with Crippen LogP contribution in [0.1, 0.15) is 12.1 Å². The summed E-state index contributed by atoms with van der Waals surface area (Å²) in [7, 11) is 0. The van der Waals surface area contributed by atoms with Gasteiger partial charge in [-0.05, 0) is 19.1 Å². The number of carbonyl (C=O) groups is 1. The minimum atomic E-state index is -0.247. The van der Waals surface area contributed by atoms with Crippen molar-refractivity contribution in [1.29, 1.82) is 0 Å². The molecule has 0 bridgehead atoms. The van der Waals surface area contributed by atoms with Gasteiger partial charge in [0, 0.05) is 22.4 Å². The molecule has 0 saturated carbocycles. The molecule has 1 amide bonds. The van der Waals surface area contributed by atoms with Crippen molar-refractivity contribution in [3.05, 3.63) is 41.2 Å². The number of nitrogens with zero attached hydrogens (tertiary/aromatic N) is 1. The predicted octanol–water partition coefficient (Wildman–Crippen LogP) is 3.71. The van der Waals surface area contributed by atoms with Crippen molar-refractivity contribution in [3.63, 3.8) is 0 Å². The molecule has 0 saturated heterocycles. The van der Waals surface area contributed by atoms with E-state index >= 15 is 0 Å². The van der Waals surface area contributed by atoms with E-state index in [2.05, 4.69) is 10.3 Å². The minimum Gasteiger partial charge on any atom is -0.302 e. The van der Waals surface area contributed by atoms with Crippen LogP contribution < -0.4 is 5.32 Å². The van der Waals surface area contributed by atoms with Gasteiger partial charge in [-0.1, -0.05) is 12.1 Å². The molecule has 0 radical (unpaired) electrons. The molecule has 0 fully saturated rings. The van der Waals surface area contributed by atoms with Crippen LogP contribution in [-0.4, -0.2) is 16.6 Å².